The van der Waals surface area contributed by atoms with Gasteiger partial charge >= 0.3 is 12.1 Å². The minimum Gasteiger partial charge on any atom is -0.465 e. The van der Waals surface area contributed by atoms with Gasteiger partial charge in [0.05, 0.1) is 18.4 Å². The van der Waals surface area contributed by atoms with Gasteiger partial charge in [0.1, 0.15) is 5.56 Å². The third kappa shape index (κ3) is 6.27. The summed E-state index contributed by atoms with van der Waals surface area (Å²) in [6, 6.07) is 2.26. The summed E-state index contributed by atoms with van der Waals surface area (Å²) in [5.41, 5.74) is -1.43. The lowest BCUT2D eigenvalue weighted by Crippen LogP contribution is -2.43. The summed E-state index contributed by atoms with van der Waals surface area (Å²) >= 11 is 1.67. The van der Waals surface area contributed by atoms with Crippen LogP contribution in [0.4, 0.5) is 23.2 Å². The van der Waals surface area contributed by atoms with Gasteiger partial charge in [0.2, 0.25) is 11.8 Å². The number of alkyl halides is 3. The van der Waals surface area contributed by atoms with Gasteiger partial charge in [-0.2, -0.15) is 13.2 Å². The molecule has 0 saturated heterocycles. The zero-order valence-corrected chi connectivity index (χ0v) is 22.4. The molecule has 0 bridgehead atoms. The number of carbonyl (C=O) groups is 2. The molecule has 11 heteroatoms. The Labute approximate surface area is 220 Å². The number of hydrogen-bond donors (Lipinski definition) is 0. The summed E-state index contributed by atoms with van der Waals surface area (Å²) in [6.45, 7) is 5.59. The predicted molar refractivity (Wildman–Crippen MR) is 134 cm³/mol. The Morgan fingerprint density at radius 1 is 1.14 bits per heavy atom. The quantitative estimate of drug-likeness (QED) is 0.198. The molecule has 1 saturated carbocycles. The molecule has 0 aliphatic heterocycles. The zero-order valence-electron chi connectivity index (χ0n) is 20.3. The molecule has 1 aliphatic carbocycles. The molecule has 0 unspecified atom stereocenters. The van der Waals surface area contributed by atoms with Gasteiger partial charge in [0.15, 0.2) is 11.6 Å². The number of ether oxygens (including phenoxy) is 2. The highest BCUT2D eigenvalue weighted by molar-refractivity contribution is 14.1. The molecule has 196 valence electrons. The Kier molecular flexibility index (Phi) is 8.84. The van der Waals surface area contributed by atoms with E-state index in [-0.39, 0.29) is 26.6 Å². The molecule has 0 spiro atoms. The van der Waals surface area contributed by atoms with Crippen molar-refractivity contribution in [3.8, 4) is 11.6 Å². The van der Waals surface area contributed by atoms with Crippen LogP contribution in [0.2, 0.25) is 0 Å². The van der Waals surface area contributed by atoms with Crippen LogP contribution >= 0.6 is 22.6 Å². The number of methoxy groups -OCH3 is 1. The van der Waals surface area contributed by atoms with Crippen LogP contribution in [-0.2, 0) is 15.7 Å². The van der Waals surface area contributed by atoms with Gasteiger partial charge in [-0.05, 0) is 74.1 Å². The third-order valence-electron chi connectivity index (χ3n) is 6.16. The molecule has 1 aromatic carbocycles. The van der Waals surface area contributed by atoms with Crippen LogP contribution in [0.3, 0.4) is 0 Å². The Bertz CT molecular complexity index is 1130. The molecular formula is C25H27F4IN2O4. The largest absolute Gasteiger partial charge is 0.465 e. The Balaban J connectivity index is 2.07. The number of halogens is 5. The second kappa shape index (κ2) is 11.3. The van der Waals surface area contributed by atoms with Crippen molar-refractivity contribution in [2.24, 2.45) is 11.8 Å². The first-order valence-corrected chi connectivity index (χ1v) is 12.6. The molecule has 3 rings (SSSR count). The lowest BCUT2D eigenvalue weighted by molar-refractivity contribution is -0.139. The van der Waals surface area contributed by atoms with Gasteiger partial charge in [-0.3, -0.25) is 4.79 Å². The maximum atomic E-state index is 15.2. The summed E-state index contributed by atoms with van der Waals surface area (Å²) in [5.74, 6) is -3.47. The number of pyridine rings is 1. The zero-order chi connectivity index (χ0) is 26.8. The number of esters is 1. The van der Waals surface area contributed by atoms with Crippen molar-refractivity contribution in [3.05, 3.63) is 44.9 Å². The minimum absolute atomic E-state index is 0.0306. The summed E-state index contributed by atoms with van der Waals surface area (Å²) in [4.78, 5) is 31.1. The topological polar surface area (TPSA) is 68.7 Å². The van der Waals surface area contributed by atoms with E-state index >= 15 is 4.39 Å². The van der Waals surface area contributed by atoms with Crippen LogP contribution in [0.25, 0.3) is 0 Å². The maximum absolute atomic E-state index is 15.2. The van der Waals surface area contributed by atoms with Crippen molar-refractivity contribution in [1.29, 1.82) is 0 Å². The number of anilines is 1. The molecule has 1 aromatic heterocycles. The molecule has 6 nitrogen and oxygen atoms in total. The summed E-state index contributed by atoms with van der Waals surface area (Å²) < 4.78 is 66.0. The molecular weight excluding hydrogens is 595 g/mol. The molecule has 2 aromatic rings. The van der Waals surface area contributed by atoms with E-state index < -0.39 is 41.2 Å². The van der Waals surface area contributed by atoms with Gasteiger partial charge in [-0.1, -0.05) is 6.92 Å². The Hall–Kier alpha value is -2.44. The van der Waals surface area contributed by atoms with E-state index in [0.29, 0.717) is 18.8 Å². The monoisotopic (exact) mass is 622 g/mol. The van der Waals surface area contributed by atoms with Crippen LogP contribution in [0.15, 0.2) is 24.4 Å². The number of nitrogens with zero attached hydrogens (tertiary/aromatic N) is 2. The van der Waals surface area contributed by atoms with Crippen molar-refractivity contribution in [3.63, 3.8) is 0 Å². The number of carbonyl (C=O) groups excluding carboxylic acids is 2. The maximum Gasteiger partial charge on any atom is 0.421 e. The van der Waals surface area contributed by atoms with Crippen molar-refractivity contribution in [2.45, 2.75) is 58.7 Å². The van der Waals surface area contributed by atoms with Gasteiger partial charge in [-0.15, -0.1) is 0 Å². The van der Waals surface area contributed by atoms with Gasteiger partial charge in [0.25, 0.3) is 0 Å². The normalized spacial score (nSPS) is 18.2. The summed E-state index contributed by atoms with van der Waals surface area (Å²) in [7, 11) is 1.11. The standard InChI is InChI=1S/C25H27F4IN2O4/c1-13(2)32(23(33)15-7-5-14(3)6-8-15)20-11-19(26)21(10-17(20)24(34)35-4)36-22-18(25(27,28)29)9-16(30)12-31-22/h9-15H,5-8H2,1-4H3/t14-,15-. The number of amides is 1. The van der Waals surface area contributed by atoms with E-state index in [1.54, 1.807) is 36.4 Å². The highest BCUT2D eigenvalue weighted by Crippen LogP contribution is 2.40. The fraction of sp³-hybridized carbons (Fsp3) is 0.480. The van der Waals surface area contributed by atoms with Crippen LogP contribution in [0, 0.1) is 21.2 Å². The van der Waals surface area contributed by atoms with Gasteiger partial charge in [-0.25, -0.2) is 14.2 Å². The first-order valence-electron chi connectivity index (χ1n) is 11.5. The average Bonchev–Trinajstić information content (AvgIpc) is 2.80. The van der Waals surface area contributed by atoms with Crippen LogP contribution in [0.1, 0.15) is 62.4 Å². The predicted octanol–water partition coefficient (Wildman–Crippen LogP) is 6.99. The molecule has 36 heavy (non-hydrogen) atoms. The van der Waals surface area contributed by atoms with Crippen LogP contribution in [0.5, 0.6) is 11.6 Å². The number of hydrogen-bond acceptors (Lipinski definition) is 5. The van der Waals surface area contributed by atoms with E-state index in [9.17, 15) is 22.8 Å². The number of aromatic nitrogens is 1. The highest BCUT2D eigenvalue weighted by Gasteiger charge is 2.37. The fourth-order valence-corrected chi connectivity index (χ4v) is 4.71. The second-order valence-electron chi connectivity index (χ2n) is 9.16. The fourth-order valence-electron chi connectivity index (χ4n) is 4.26. The molecule has 0 radical (unpaired) electrons. The van der Waals surface area contributed by atoms with E-state index in [0.717, 1.165) is 44.3 Å². The number of benzene rings is 1. The molecule has 0 N–H and O–H groups in total. The molecule has 1 heterocycles. The first-order chi connectivity index (χ1) is 16.8. The minimum atomic E-state index is -4.80. The second-order valence-corrected chi connectivity index (χ2v) is 10.4. The summed E-state index contributed by atoms with van der Waals surface area (Å²) in [6.07, 6.45) is -0.527. The number of rotatable bonds is 6. The SMILES string of the molecule is COC(=O)c1cc(Oc2ncc(I)cc2C(F)(F)F)c(F)cc1N(C(=O)[C@H]1CC[C@H](C)CC1)C(C)C. The van der Waals surface area contributed by atoms with E-state index in [1.165, 1.54) is 4.90 Å². The van der Waals surface area contributed by atoms with Crippen molar-refractivity contribution >= 4 is 40.2 Å². The average molecular weight is 622 g/mol. The van der Waals surface area contributed by atoms with Crippen molar-refractivity contribution in [2.75, 3.05) is 12.0 Å². The third-order valence-corrected chi connectivity index (χ3v) is 6.75. The van der Waals surface area contributed by atoms with Crippen LogP contribution < -0.4 is 9.64 Å². The first kappa shape index (κ1) is 28.1. The lowest BCUT2D eigenvalue weighted by atomic mass is 9.82. The molecule has 1 fully saturated rings. The van der Waals surface area contributed by atoms with Gasteiger partial charge in [0, 0.05) is 33.9 Å². The smallest absolute Gasteiger partial charge is 0.421 e. The summed E-state index contributed by atoms with van der Waals surface area (Å²) in [5, 5.41) is 0. The molecule has 0 atom stereocenters. The molecule has 1 aliphatic rings. The van der Waals surface area contributed by atoms with E-state index in [2.05, 4.69) is 11.9 Å². The molecule has 1 amide bonds. The van der Waals surface area contributed by atoms with Gasteiger partial charge < -0.3 is 14.4 Å². The Morgan fingerprint density at radius 2 is 1.78 bits per heavy atom. The van der Waals surface area contributed by atoms with E-state index in [4.69, 9.17) is 9.47 Å². The Morgan fingerprint density at radius 3 is 2.33 bits per heavy atom. The highest BCUT2D eigenvalue weighted by atomic mass is 127. The lowest BCUT2D eigenvalue weighted by Gasteiger charge is -2.34. The van der Waals surface area contributed by atoms with Crippen molar-refractivity contribution in [1.82, 2.24) is 4.98 Å². The van der Waals surface area contributed by atoms with Crippen LogP contribution in [-0.4, -0.2) is 30.0 Å². The van der Waals surface area contributed by atoms with E-state index in [1.807, 2.05) is 0 Å². The van der Waals surface area contributed by atoms with Crippen molar-refractivity contribution < 1.29 is 36.6 Å².